The van der Waals surface area contributed by atoms with Crippen LogP contribution >= 0.6 is 0 Å². The third-order valence-corrected chi connectivity index (χ3v) is 8.19. The Hall–Kier alpha value is -2.85. The van der Waals surface area contributed by atoms with Gasteiger partial charge in [-0.2, -0.15) is 0 Å². The van der Waals surface area contributed by atoms with Crippen LogP contribution in [-0.2, 0) is 19.9 Å². The van der Waals surface area contributed by atoms with Crippen LogP contribution in [0, 0.1) is 18.8 Å². The summed E-state index contributed by atoms with van der Waals surface area (Å²) in [5, 5.41) is 18.2. The standard InChI is InChI=1S/C26H31F2N3O5/c1-17-13-22(30-36-17)29-23(32)16-31-11-8-18(9-12-31)21(15-31)35-24(33)26(34,19-5-3-2-4-6-19)20-7-10-25(27,28)14-20/h2-6,13,18,20-21,34H,7-12,14-16H2,1H3/p+1/t18?,20?,21?,26-,31?/m0/s1. The quantitative estimate of drug-likeness (QED) is 0.443. The minimum Gasteiger partial charge on any atom is -0.454 e. The van der Waals surface area contributed by atoms with E-state index >= 15 is 0 Å². The number of benzene rings is 1. The number of quaternary nitrogens is 1. The van der Waals surface area contributed by atoms with Crippen LogP contribution in [0.4, 0.5) is 14.6 Å². The van der Waals surface area contributed by atoms with Crippen LogP contribution in [0.15, 0.2) is 40.9 Å². The van der Waals surface area contributed by atoms with Gasteiger partial charge in [0.2, 0.25) is 5.92 Å². The van der Waals surface area contributed by atoms with Gasteiger partial charge in [0.05, 0.1) is 13.1 Å². The molecule has 6 rings (SSSR count). The van der Waals surface area contributed by atoms with Crippen molar-refractivity contribution < 1.29 is 37.2 Å². The first kappa shape index (κ1) is 24.8. The van der Waals surface area contributed by atoms with Gasteiger partial charge >= 0.3 is 5.97 Å². The Morgan fingerprint density at radius 1 is 1.25 bits per heavy atom. The fourth-order valence-corrected chi connectivity index (χ4v) is 6.24. The second-order valence-electron chi connectivity index (χ2n) is 10.7. The number of rotatable bonds is 7. The van der Waals surface area contributed by atoms with Gasteiger partial charge < -0.3 is 24.2 Å². The number of piperidine rings is 3. The average molecular weight is 505 g/mol. The maximum absolute atomic E-state index is 14.1. The fourth-order valence-electron chi connectivity index (χ4n) is 6.24. The van der Waals surface area contributed by atoms with Crippen molar-refractivity contribution in [3.8, 4) is 0 Å². The summed E-state index contributed by atoms with van der Waals surface area (Å²) < 4.78 is 39.6. The third kappa shape index (κ3) is 4.76. The molecule has 2 unspecified atom stereocenters. The molecule has 0 radical (unpaired) electrons. The van der Waals surface area contributed by atoms with E-state index in [-0.39, 0.29) is 36.8 Å². The molecule has 3 saturated heterocycles. The Morgan fingerprint density at radius 3 is 2.58 bits per heavy atom. The predicted molar refractivity (Wildman–Crippen MR) is 125 cm³/mol. The number of amides is 1. The molecular formula is C26H32F2N3O5+. The number of nitrogens with one attached hydrogen (secondary N) is 1. The normalized spacial score (nSPS) is 30.5. The van der Waals surface area contributed by atoms with Crippen LogP contribution in [-0.4, -0.2) is 64.8 Å². The van der Waals surface area contributed by atoms with Crippen LogP contribution < -0.4 is 5.32 Å². The largest absolute Gasteiger partial charge is 0.454 e. The van der Waals surface area contributed by atoms with Crippen molar-refractivity contribution in [1.82, 2.24) is 5.16 Å². The SMILES string of the molecule is Cc1cc(NC(=O)C[N+]23CCC(CC2)C(OC(=O)[C@](O)(c2ccccc2)C2CCC(F)(F)C2)C3)no1. The number of hydrogen-bond acceptors (Lipinski definition) is 6. The van der Waals surface area contributed by atoms with E-state index in [0.717, 1.165) is 25.9 Å². The molecule has 4 fully saturated rings. The predicted octanol–water partition coefficient (Wildman–Crippen LogP) is 3.40. The van der Waals surface area contributed by atoms with E-state index in [9.17, 15) is 23.5 Å². The molecular weight excluding hydrogens is 472 g/mol. The van der Waals surface area contributed by atoms with Gasteiger partial charge in [-0.3, -0.25) is 4.79 Å². The van der Waals surface area contributed by atoms with Crippen LogP contribution in [0.1, 0.15) is 43.4 Å². The van der Waals surface area contributed by atoms with E-state index in [4.69, 9.17) is 9.26 Å². The number of esters is 1. The van der Waals surface area contributed by atoms with Gasteiger partial charge in [-0.15, -0.1) is 0 Å². The summed E-state index contributed by atoms with van der Waals surface area (Å²) in [4.78, 5) is 26.3. The molecule has 1 amide bonds. The van der Waals surface area contributed by atoms with Crippen molar-refractivity contribution in [3.05, 3.63) is 47.7 Å². The maximum atomic E-state index is 14.1. The zero-order valence-corrected chi connectivity index (χ0v) is 20.3. The molecule has 3 aliphatic heterocycles. The van der Waals surface area contributed by atoms with E-state index in [1.165, 1.54) is 0 Å². The van der Waals surface area contributed by atoms with Crippen molar-refractivity contribution in [1.29, 1.82) is 0 Å². The smallest absolute Gasteiger partial charge is 0.343 e. The molecule has 1 aromatic heterocycles. The van der Waals surface area contributed by atoms with Crippen LogP contribution in [0.25, 0.3) is 0 Å². The molecule has 1 aromatic carbocycles. The summed E-state index contributed by atoms with van der Waals surface area (Å²) in [5.74, 6) is -3.89. The summed E-state index contributed by atoms with van der Waals surface area (Å²) in [6, 6.07) is 9.89. The zero-order valence-electron chi connectivity index (χ0n) is 20.3. The number of hydrogen-bond donors (Lipinski definition) is 2. The number of fused-ring (bicyclic) bond motifs is 3. The van der Waals surface area contributed by atoms with Crippen molar-refractivity contribution in [2.24, 2.45) is 11.8 Å². The summed E-state index contributed by atoms with van der Waals surface area (Å²) >= 11 is 0. The molecule has 10 heteroatoms. The topological polar surface area (TPSA) is 102 Å². The van der Waals surface area contributed by atoms with Gasteiger partial charge in [0.25, 0.3) is 5.91 Å². The van der Waals surface area contributed by atoms with Gasteiger partial charge in [-0.05, 0) is 18.9 Å². The van der Waals surface area contributed by atoms with Crippen molar-refractivity contribution in [3.63, 3.8) is 0 Å². The molecule has 2 N–H and O–H groups in total. The van der Waals surface area contributed by atoms with E-state index in [0.29, 0.717) is 22.6 Å². The highest BCUT2D eigenvalue weighted by Gasteiger charge is 2.56. The van der Waals surface area contributed by atoms with E-state index < -0.39 is 35.9 Å². The van der Waals surface area contributed by atoms with Crippen molar-refractivity contribution >= 4 is 17.7 Å². The highest BCUT2D eigenvalue weighted by Crippen LogP contribution is 2.48. The maximum Gasteiger partial charge on any atom is 0.343 e. The number of carbonyl (C=O) groups excluding carboxylic acids is 2. The van der Waals surface area contributed by atoms with E-state index in [1.807, 2.05) is 0 Å². The Labute approximate surface area is 208 Å². The minimum absolute atomic E-state index is 0.0310. The van der Waals surface area contributed by atoms with Gasteiger partial charge in [0.15, 0.2) is 24.1 Å². The Balaban J connectivity index is 1.31. The average Bonchev–Trinajstić information content (AvgIpc) is 3.43. The number of ether oxygens (including phenoxy) is 1. The number of nitrogens with zero attached hydrogens (tertiary/aromatic N) is 2. The number of aliphatic hydroxyl groups is 1. The first-order chi connectivity index (χ1) is 17.1. The second-order valence-corrected chi connectivity index (χ2v) is 10.7. The van der Waals surface area contributed by atoms with Gasteiger partial charge in [-0.25, -0.2) is 13.6 Å². The molecule has 1 saturated carbocycles. The number of alkyl halides is 2. The molecule has 36 heavy (non-hydrogen) atoms. The molecule has 4 aliphatic rings. The molecule has 0 spiro atoms. The molecule has 4 heterocycles. The first-order valence-electron chi connectivity index (χ1n) is 12.5. The van der Waals surface area contributed by atoms with Crippen LogP contribution in [0.3, 0.4) is 0 Å². The second kappa shape index (κ2) is 9.23. The fraction of sp³-hybridized carbons (Fsp3) is 0.577. The lowest BCUT2D eigenvalue weighted by molar-refractivity contribution is -0.939. The lowest BCUT2D eigenvalue weighted by atomic mass is 9.79. The monoisotopic (exact) mass is 504 g/mol. The Morgan fingerprint density at radius 2 is 1.97 bits per heavy atom. The molecule has 1 aliphatic carbocycles. The highest BCUT2D eigenvalue weighted by atomic mass is 19.3. The lowest BCUT2D eigenvalue weighted by Crippen LogP contribution is -2.66. The number of aryl methyl sites for hydroxylation is 1. The van der Waals surface area contributed by atoms with E-state index in [1.54, 1.807) is 43.3 Å². The first-order valence-corrected chi connectivity index (χ1v) is 12.5. The Kier molecular flexibility index (Phi) is 6.36. The van der Waals surface area contributed by atoms with Crippen molar-refractivity contribution in [2.45, 2.75) is 56.7 Å². The minimum atomic E-state index is -2.92. The molecule has 8 nitrogen and oxygen atoms in total. The van der Waals surface area contributed by atoms with Gasteiger partial charge in [-0.1, -0.05) is 35.5 Å². The van der Waals surface area contributed by atoms with Gasteiger partial charge in [0, 0.05) is 43.6 Å². The van der Waals surface area contributed by atoms with Crippen LogP contribution in [0.5, 0.6) is 0 Å². The third-order valence-electron chi connectivity index (χ3n) is 8.19. The number of aromatic nitrogens is 1. The number of carbonyl (C=O) groups is 2. The van der Waals surface area contributed by atoms with Gasteiger partial charge in [0.1, 0.15) is 12.3 Å². The van der Waals surface area contributed by atoms with Crippen molar-refractivity contribution in [2.75, 3.05) is 31.5 Å². The molecule has 3 atom stereocenters. The summed E-state index contributed by atoms with van der Waals surface area (Å²) in [6.45, 7) is 3.93. The zero-order chi connectivity index (χ0) is 25.6. The Bertz CT molecular complexity index is 1120. The lowest BCUT2D eigenvalue weighted by Gasteiger charge is -2.51. The summed E-state index contributed by atoms with van der Waals surface area (Å²) in [6.07, 6.45) is 0.150. The van der Waals surface area contributed by atoms with Crippen LogP contribution in [0.2, 0.25) is 0 Å². The number of anilines is 1. The summed E-state index contributed by atoms with van der Waals surface area (Å²) in [7, 11) is 0. The molecule has 2 bridgehead atoms. The van der Waals surface area contributed by atoms with E-state index in [2.05, 4.69) is 10.5 Å². The summed E-state index contributed by atoms with van der Waals surface area (Å²) in [5.41, 5.74) is -1.88. The molecule has 2 aromatic rings. The molecule has 194 valence electrons. The number of halogens is 2. The highest BCUT2D eigenvalue weighted by molar-refractivity contribution is 5.90.